The first-order chi connectivity index (χ1) is 15.0. The summed E-state index contributed by atoms with van der Waals surface area (Å²) in [5.74, 6) is -0.988. The van der Waals surface area contributed by atoms with E-state index in [0.717, 1.165) is 6.07 Å². The van der Waals surface area contributed by atoms with Crippen LogP contribution in [0.25, 0.3) is 0 Å². The van der Waals surface area contributed by atoms with E-state index in [4.69, 9.17) is 0 Å². The summed E-state index contributed by atoms with van der Waals surface area (Å²) in [4.78, 5) is 20.8. The van der Waals surface area contributed by atoms with Crippen molar-refractivity contribution in [3.63, 3.8) is 0 Å². The minimum absolute atomic E-state index is 0.00266. The van der Waals surface area contributed by atoms with Gasteiger partial charge < -0.3 is 10.6 Å². The Hall–Kier alpha value is -3.15. The number of alkyl halides is 3. The van der Waals surface area contributed by atoms with Gasteiger partial charge >= 0.3 is 6.18 Å². The van der Waals surface area contributed by atoms with Crippen molar-refractivity contribution in [3.05, 3.63) is 53.7 Å². The van der Waals surface area contributed by atoms with Gasteiger partial charge in [0, 0.05) is 24.8 Å². The number of nitrogens with zero attached hydrogens (tertiary/aromatic N) is 2. The van der Waals surface area contributed by atoms with Crippen molar-refractivity contribution >= 4 is 27.6 Å². The fourth-order valence-corrected chi connectivity index (χ4v) is 4.36. The predicted molar refractivity (Wildman–Crippen MR) is 113 cm³/mol. The fraction of sp³-hybridized carbons (Fsp3) is 0.350. The highest BCUT2D eigenvalue weighted by Gasteiger charge is 2.34. The summed E-state index contributed by atoms with van der Waals surface area (Å²) >= 11 is 0. The molecule has 12 heteroatoms. The van der Waals surface area contributed by atoms with Crippen molar-refractivity contribution in [1.82, 2.24) is 15.0 Å². The topological polar surface area (TPSA) is 113 Å². The van der Waals surface area contributed by atoms with E-state index in [2.05, 4.69) is 25.3 Å². The lowest BCUT2D eigenvalue weighted by Crippen LogP contribution is -2.40. The SMILES string of the molecule is CC(C)[C@H](N=C1NS(=O)(=O)c2ccccc21)C(=O)NCCNc1ncccc1C(F)(F)F. The van der Waals surface area contributed by atoms with Gasteiger partial charge in [-0.05, 0) is 30.2 Å². The number of amidine groups is 1. The van der Waals surface area contributed by atoms with E-state index in [-0.39, 0.29) is 35.6 Å². The summed E-state index contributed by atoms with van der Waals surface area (Å²) in [6.07, 6.45) is -3.31. The Kier molecular flexibility index (Phi) is 6.72. The van der Waals surface area contributed by atoms with E-state index in [9.17, 15) is 26.4 Å². The molecule has 0 spiro atoms. The van der Waals surface area contributed by atoms with Gasteiger partial charge in [-0.3, -0.25) is 14.5 Å². The number of amides is 1. The maximum Gasteiger partial charge on any atom is 0.419 e. The number of pyridine rings is 1. The minimum atomic E-state index is -4.55. The lowest BCUT2D eigenvalue weighted by Gasteiger charge is -2.18. The summed E-state index contributed by atoms with van der Waals surface area (Å²) in [6, 6.07) is 7.50. The molecule has 3 N–H and O–H groups in total. The number of aliphatic imine (C=N–C) groups is 1. The zero-order valence-electron chi connectivity index (χ0n) is 17.3. The molecule has 0 aliphatic carbocycles. The summed E-state index contributed by atoms with van der Waals surface area (Å²) < 4.78 is 65.9. The Morgan fingerprint density at radius 3 is 2.56 bits per heavy atom. The van der Waals surface area contributed by atoms with Crippen LogP contribution in [0, 0.1) is 5.92 Å². The van der Waals surface area contributed by atoms with E-state index in [0.29, 0.717) is 5.56 Å². The van der Waals surface area contributed by atoms with Crippen LogP contribution in [0.15, 0.2) is 52.5 Å². The molecule has 2 aromatic rings. The van der Waals surface area contributed by atoms with E-state index in [1.54, 1.807) is 32.0 Å². The molecule has 32 heavy (non-hydrogen) atoms. The van der Waals surface area contributed by atoms with E-state index >= 15 is 0 Å². The van der Waals surface area contributed by atoms with Gasteiger partial charge in [-0.1, -0.05) is 26.0 Å². The smallest absolute Gasteiger partial charge is 0.368 e. The molecule has 0 radical (unpaired) electrons. The predicted octanol–water partition coefficient (Wildman–Crippen LogP) is 2.39. The van der Waals surface area contributed by atoms with Crippen LogP contribution in [0.2, 0.25) is 0 Å². The van der Waals surface area contributed by atoms with Crippen LogP contribution >= 0.6 is 0 Å². The lowest BCUT2D eigenvalue weighted by molar-refractivity contribution is -0.137. The minimum Gasteiger partial charge on any atom is -0.368 e. The third-order valence-corrected chi connectivity index (χ3v) is 6.06. The van der Waals surface area contributed by atoms with Crippen LogP contribution in [0.1, 0.15) is 25.0 Å². The Balaban J connectivity index is 1.66. The van der Waals surface area contributed by atoms with Crippen molar-refractivity contribution in [3.8, 4) is 0 Å². The first-order valence-electron chi connectivity index (χ1n) is 9.74. The summed E-state index contributed by atoms with van der Waals surface area (Å²) in [5, 5.41) is 5.18. The quantitative estimate of drug-likeness (QED) is 0.539. The Labute approximate surface area is 183 Å². The van der Waals surface area contributed by atoms with Gasteiger partial charge in [0.05, 0.1) is 10.5 Å². The number of hydrogen-bond donors (Lipinski definition) is 3. The van der Waals surface area contributed by atoms with Crippen molar-refractivity contribution in [1.29, 1.82) is 0 Å². The molecule has 0 saturated carbocycles. The number of rotatable bonds is 7. The highest BCUT2D eigenvalue weighted by molar-refractivity contribution is 7.90. The standard InChI is InChI=1S/C20H22F3N5O3S/c1-12(2)16(27-17-13-6-3-4-8-15(13)32(30,31)28-17)19(29)26-11-10-25-18-14(20(21,22)23)7-5-9-24-18/h3-9,12,16H,10-11H2,1-2H3,(H,24,25)(H,26,29)(H,27,28)/t16-/m0/s1. The van der Waals surface area contributed by atoms with Crippen LogP contribution in [0.4, 0.5) is 19.0 Å². The number of fused-ring (bicyclic) bond motifs is 1. The summed E-state index contributed by atoms with van der Waals surface area (Å²) in [5.41, 5.74) is -0.521. The first kappa shape index (κ1) is 23.5. The maximum absolute atomic E-state index is 13.0. The molecule has 8 nitrogen and oxygen atoms in total. The first-order valence-corrected chi connectivity index (χ1v) is 11.2. The largest absolute Gasteiger partial charge is 0.419 e. The molecule has 0 saturated heterocycles. The van der Waals surface area contributed by atoms with E-state index < -0.39 is 33.7 Å². The molecule has 1 aromatic carbocycles. The monoisotopic (exact) mass is 469 g/mol. The molecule has 1 aromatic heterocycles. The molecule has 2 heterocycles. The molecule has 1 amide bonds. The van der Waals surface area contributed by atoms with E-state index in [1.165, 1.54) is 18.3 Å². The third-order valence-electron chi connectivity index (χ3n) is 4.66. The highest BCUT2D eigenvalue weighted by Crippen LogP contribution is 2.33. The second-order valence-corrected chi connectivity index (χ2v) is 9.03. The number of hydrogen-bond acceptors (Lipinski definition) is 6. The zero-order valence-corrected chi connectivity index (χ0v) is 18.1. The number of aromatic nitrogens is 1. The van der Waals surface area contributed by atoms with Crippen LogP contribution < -0.4 is 15.4 Å². The lowest BCUT2D eigenvalue weighted by atomic mass is 10.0. The molecule has 172 valence electrons. The second kappa shape index (κ2) is 9.15. The Morgan fingerprint density at radius 1 is 1.16 bits per heavy atom. The van der Waals surface area contributed by atoms with Gasteiger partial charge in [0.25, 0.3) is 10.0 Å². The highest BCUT2D eigenvalue weighted by atomic mass is 32.2. The van der Waals surface area contributed by atoms with Crippen molar-refractivity contribution < 1.29 is 26.4 Å². The zero-order chi connectivity index (χ0) is 23.5. The van der Waals surface area contributed by atoms with Crippen molar-refractivity contribution in [2.24, 2.45) is 10.9 Å². The van der Waals surface area contributed by atoms with Gasteiger partial charge in [0.2, 0.25) is 5.91 Å². The number of halogens is 3. The van der Waals surface area contributed by atoms with Crippen LogP contribution in [0.3, 0.4) is 0 Å². The molecule has 0 fully saturated rings. The average Bonchev–Trinajstić information content (AvgIpc) is 2.99. The van der Waals surface area contributed by atoms with Gasteiger partial charge in [0.15, 0.2) is 0 Å². The molecule has 1 aliphatic rings. The number of anilines is 1. The fourth-order valence-electron chi connectivity index (χ4n) is 3.13. The summed E-state index contributed by atoms with van der Waals surface area (Å²) in [6.45, 7) is 3.53. The Morgan fingerprint density at radius 2 is 1.88 bits per heavy atom. The molecule has 1 atom stereocenters. The van der Waals surface area contributed by atoms with Gasteiger partial charge in [-0.2, -0.15) is 13.2 Å². The number of carbonyl (C=O) groups excluding carboxylic acids is 1. The third kappa shape index (κ3) is 5.18. The van der Waals surface area contributed by atoms with Crippen molar-refractivity contribution in [2.45, 2.75) is 31.0 Å². The number of sulfonamides is 1. The van der Waals surface area contributed by atoms with Crippen molar-refractivity contribution in [2.75, 3.05) is 18.4 Å². The van der Waals surface area contributed by atoms with E-state index in [1.807, 2.05) is 0 Å². The molecule has 1 aliphatic heterocycles. The molecular weight excluding hydrogens is 447 g/mol. The number of carbonyl (C=O) groups is 1. The maximum atomic E-state index is 13.0. The van der Waals surface area contributed by atoms with Gasteiger partial charge in [-0.15, -0.1) is 0 Å². The molecule has 3 rings (SSSR count). The average molecular weight is 469 g/mol. The summed E-state index contributed by atoms with van der Waals surface area (Å²) in [7, 11) is -3.74. The van der Waals surface area contributed by atoms with Crippen LogP contribution in [-0.2, 0) is 21.0 Å². The number of benzene rings is 1. The molecule has 0 unspecified atom stereocenters. The van der Waals surface area contributed by atoms with Gasteiger partial charge in [-0.25, -0.2) is 13.4 Å². The molecular formula is C20H22F3N5O3S. The Bertz CT molecular complexity index is 1130. The molecule has 0 bridgehead atoms. The van der Waals surface area contributed by atoms with Crippen LogP contribution in [0.5, 0.6) is 0 Å². The normalized spacial score (nSPS) is 17.0. The second-order valence-electron chi connectivity index (χ2n) is 7.38. The van der Waals surface area contributed by atoms with Crippen LogP contribution in [-0.4, -0.2) is 44.3 Å². The van der Waals surface area contributed by atoms with Gasteiger partial charge in [0.1, 0.15) is 17.7 Å². The number of nitrogens with one attached hydrogen (secondary N) is 3.